The van der Waals surface area contributed by atoms with Gasteiger partial charge < -0.3 is 10.1 Å². The van der Waals surface area contributed by atoms with Crippen molar-refractivity contribution in [2.75, 3.05) is 5.32 Å². The molecule has 2 amide bonds. The van der Waals surface area contributed by atoms with Crippen molar-refractivity contribution in [3.05, 3.63) is 65.2 Å². The van der Waals surface area contributed by atoms with Crippen molar-refractivity contribution in [1.82, 2.24) is 5.32 Å². The lowest BCUT2D eigenvalue weighted by Crippen LogP contribution is -2.41. The highest BCUT2D eigenvalue weighted by Crippen LogP contribution is 2.23. The molecule has 0 aliphatic heterocycles. The minimum atomic E-state index is -0.473. The molecule has 136 valence electrons. The van der Waals surface area contributed by atoms with Crippen LogP contribution in [0.5, 0.6) is 0 Å². The third-order valence-electron chi connectivity index (χ3n) is 4.37. The SMILES string of the molecule is O=C(Nc1ccccc1)O[C@H]1CCC[C@@H](NC(=O)c2ccccc2Cl)C1. The zero-order valence-corrected chi connectivity index (χ0v) is 15.0. The van der Waals surface area contributed by atoms with Crippen LogP contribution in [0.4, 0.5) is 10.5 Å². The fourth-order valence-electron chi connectivity index (χ4n) is 3.11. The number of hydrogen-bond acceptors (Lipinski definition) is 3. The number of benzene rings is 2. The fraction of sp³-hybridized carbons (Fsp3) is 0.300. The van der Waals surface area contributed by atoms with Crippen LogP contribution in [0.1, 0.15) is 36.0 Å². The van der Waals surface area contributed by atoms with Crippen molar-refractivity contribution >= 4 is 29.3 Å². The van der Waals surface area contributed by atoms with Crippen molar-refractivity contribution in [1.29, 1.82) is 0 Å². The summed E-state index contributed by atoms with van der Waals surface area (Å²) in [6.45, 7) is 0. The molecule has 0 saturated heterocycles. The summed E-state index contributed by atoms with van der Waals surface area (Å²) in [4.78, 5) is 24.4. The van der Waals surface area contributed by atoms with E-state index in [0.717, 1.165) is 19.3 Å². The summed E-state index contributed by atoms with van der Waals surface area (Å²) in [5.74, 6) is -0.199. The van der Waals surface area contributed by atoms with E-state index in [1.807, 2.05) is 18.2 Å². The largest absolute Gasteiger partial charge is 0.446 e. The Morgan fingerprint density at radius 1 is 1.00 bits per heavy atom. The van der Waals surface area contributed by atoms with Crippen molar-refractivity contribution in [3.63, 3.8) is 0 Å². The molecule has 1 aliphatic rings. The summed E-state index contributed by atoms with van der Waals surface area (Å²) in [6, 6.07) is 16.1. The Morgan fingerprint density at radius 3 is 2.50 bits per heavy atom. The molecule has 0 heterocycles. The van der Waals surface area contributed by atoms with Crippen molar-refractivity contribution in [2.45, 2.75) is 37.8 Å². The monoisotopic (exact) mass is 372 g/mol. The van der Waals surface area contributed by atoms with E-state index < -0.39 is 6.09 Å². The summed E-state index contributed by atoms with van der Waals surface area (Å²) in [6.07, 6.45) is 2.44. The molecule has 2 atom stereocenters. The Bertz CT molecular complexity index is 767. The second kappa shape index (κ2) is 8.72. The summed E-state index contributed by atoms with van der Waals surface area (Å²) in [5, 5.41) is 6.13. The molecule has 0 spiro atoms. The third-order valence-corrected chi connectivity index (χ3v) is 4.70. The molecule has 2 aromatic rings. The van der Waals surface area contributed by atoms with Gasteiger partial charge in [0, 0.05) is 18.2 Å². The highest BCUT2D eigenvalue weighted by atomic mass is 35.5. The summed E-state index contributed by atoms with van der Waals surface area (Å²) >= 11 is 6.07. The Morgan fingerprint density at radius 2 is 1.73 bits per heavy atom. The van der Waals surface area contributed by atoms with Gasteiger partial charge in [0.25, 0.3) is 5.91 Å². The van der Waals surface area contributed by atoms with Gasteiger partial charge in [0.2, 0.25) is 0 Å². The maximum absolute atomic E-state index is 12.4. The summed E-state index contributed by atoms with van der Waals surface area (Å²) < 4.78 is 5.51. The van der Waals surface area contributed by atoms with Crippen LogP contribution < -0.4 is 10.6 Å². The Kier molecular flexibility index (Phi) is 6.12. The predicted molar refractivity (Wildman–Crippen MR) is 102 cm³/mol. The van der Waals surface area contributed by atoms with Crippen LogP contribution >= 0.6 is 11.6 Å². The molecule has 26 heavy (non-hydrogen) atoms. The highest BCUT2D eigenvalue weighted by molar-refractivity contribution is 6.33. The number of carbonyl (C=O) groups excluding carboxylic acids is 2. The van der Waals surface area contributed by atoms with Crippen molar-refractivity contribution < 1.29 is 14.3 Å². The van der Waals surface area contributed by atoms with E-state index in [-0.39, 0.29) is 18.1 Å². The molecule has 2 aromatic carbocycles. The van der Waals surface area contributed by atoms with Gasteiger partial charge in [-0.2, -0.15) is 0 Å². The minimum Gasteiger partial charge on any atom is -0.446 e. The molecule has 6 heteroatoms. The molecule has 0 bridgehead atoms. The van der Waals surface area contributed by atoms with Crippen LogP contribution in [-0.2, 0) is 4.74 Å². The number of anilines is 1. The fourth-order valence-corrected chi connectivity index (χ4v) is 3.33. The third kappa shape index (κ3) is 4.99. The Balaban J connectivity index is 1.52. The normalized spacial score (nSPS) is 19.4. The van der Waals surface area contributed by atoms with Gasteiger partial charge in [0.1, 0.15) is 6.10 Å². The average Bonchev–Trinajstić information content (AvgIpc) is 2.63. The number of hydrogen-bond donors (Lipinski definition) is 2. The number of ether oxygens (including phenoxy) is 1. The van der Waals surface area contributed by atoms with Gasteiger partial charge in [-0.15, -0.1) is 0 Å². The van der Waals surface area contributed by atoms with E-state index in [9.17, 15) is 9.59 Å². The van der Waals surface area contributed by atoms with E-state index >= 15 is 0 Å². The zero-order chi connectivity index (χ0) is 18.4. The van der Waals surface area contributed by atoms with Crippen LogP contribution in [0, 0.1) is 0 Å². The second-order valence-electron chi connectivity index (χ2n) is 6.34. The maximum Gasteiger partial charge on any atom is 0.411 e. The van der Waals surface area contributed by atoms with Crippen LogP contribution in [0.15, 0.2) is 54.6 Å². The quantitative estimate of drug-likeness (QED) is 0.822. The van der Waals surface area contributed by atoms with Gasteiger partial charge in [0.15, 0.2) is 0 Å². The molecular weight excluding hydrogens is 352 g/mol. The van der Waals surface area contributed by atoms with Crippen LogP contribution in [0.2, 0.25) is 5.02 Å². The first-order valence-electron chi connectivity index (χ1n) is 8.70. The smallest absolute Gasteiger partial charge is 0.411 e. The molecule has 0 radical (unpaired) electrons. The Labute approximate surface area is 157 Å². The van der Waals surface area contributed by atoms with E-state index in [1.165, 1.54) is 0 Å². The van der Waals surface area contributed by atoms with Gasteiger partial charge in [0.05, 0.1) is 10.6 Å². The molecule has 3 rings (SSSR count). The standard InChI is InChI=1S/C20H21ClN2O3/c21-18-12-5-4-11-17(18)19(24)22-15-9-6-10-16(13-15)26-20(25)23-14-7-2-1-3-8-14/h1-5,7-8,11-12,15-16H,6,9-10,13H2,(H,22,24)(H,23,25)/t15-,16+/m1/s1. The molecule has 5 nitrogen and oxygen atoms in total. The first kappa shape index (κ1) is 18.3. The van der Waals surface area contributed by atoms with Gasteiger partial charge in [-0.3, -0.25) is 10.1 Å². The summed E-state index contributed by atoms with van der Waals surface area (Å²) in [5.41, 5.74) is 1.15. The van der Waals surface area contributed by atoms with Crippen molar-refractivity contribution in [3.8, 4) is 0 Å². The van der Waals surface area contributed by atoms with Gasteiger partial charge >= 0.3 is 6.09 Å². The molecular formula is C20H21ClN2O3. The van der Waals surface area contributed by atoms with E-state index in [2.05, 4.69) is 10.6 Å². The van der Waals surface area contributed by atoms with E-state index in [1.54, 1.807) is 36.4 Å². The second-order valence-corrected chi connectivity index (χ2v) is 6.74. The number of nitrogens with one attached hydrogen (secondary N) is 2. The number of carbonyl (C=O) groups is 2. The van der Waals surface area contributed by atoms with Gasteiger partial charge in [-0.25, -0.2) is 4.79 Å². The van der Waals surface area contributed by atoms with Crippen molar-refractivity contribution in [2.24, 2.45) is 0 Å². The molecule has 2 N–H and O–H groups in total. The molecule has 1 aliphatic carbocycles. The minimum absolute atomic E-state index is 0.0398. The van der Waals surface area contributed by atoms with Crippen LogP contribution in [-0.4, -0.2) is 24.1 Å². The number of para-hydroxylation sites is 1. The zero-order valence-electron chi connectivity index (χ0n) is 14.3. The topological polar surface area (TPSA) is 67.4 Å². The predicted octanol–water partition coefficient (Wildman–Crippen LogP) is 4.63. The maximum atomic E-state index is 12.4. The average molecular weight is 373 g/mol. The van der Waals surface area contributed by atoms with Crippen LogP contribution in [0.25, 0.3) is 0 Å². The lowest BCUT2D eigenvalue weighted by molar-refractivity contribution is 0.0713. The first-order valence-corrected chi connectivity index (χ1v) is 9.07. The highest BCUT2D eigenvalue weighted by Gasteiger charge is 2.26. The number of amides is 2. The first-order chi connectivity index (χ1) is 12.6. The molecule has 1 fully saturated rings. The number of halogens is 1. The number of rotatable bonds is 4. The molecule has 1 saturated carbocycles. The Hall–Kier alpha value is -2.53. The summed E-state index contributed by atoms with van der Waals surface area (Å²) in [7, 11) is 0. The molecule has 0 unspecified atom stereocenters. The lowest BCUT2D eigenvalue weighted by atomic mass is 9.92. The van der Waals surface area contributed by atoms with E-state index in [4.69, 9.17) is 16.3 Å². The molecule has 0 aromatic heterocycles. The van der Waals surface area contributed by atoms with E-state index in [0.29, 0.717) is 22.7 Å². The van der Waals surface area contributed by atoms with Gasteiger partial charge in [-0.05, 0) is 43.5 Å². The van der Waals surface area contributed by atoms with Gasteiger partial charge in [-0.1, -0.05) is 41.9 Å². The lowest BCUT2D eigenvalue weighted by Gasteiger charge is -2.29. The van der Waals surface area contributed by atoms with Crippen LogP contribution in [0.3, 0.4) is 0 Å².